The second-order valence-corrected chi connectivity index (χ2v) is 10.0. The van der Waals surface area contributed by atoms with Gasteiger partial charge < -0.3 is 10.0 Å². The number of likely N-dealkylation sites (tertiary alicyclic amines) is 1. The van der Waals surface area contributed by atoms with Crippen LogP contribution in [0, 0.1) is 11.7 Å². The van der Waals surface area contributed by atoms with Gasteiger partial charge in [-0.25, -0.2) is 4.39 Å². The first-order valence-corrected chi connectivity index (χ1v) is 12.1. The minimum atomic E-state index is -0.470. The zero-order valence-electron chi connectivity index (χ0n) is 17.6. The molecule has 1 unspecified atom stereocenters. The number of halogens is 2. The number of fused-ring (bicyclic) bond motifs is 3. The smallest absolute Gasteiger partial charge is 0.246 e. The Morgan fingerprint density at radius 2 is 2.06 bits per heavy atom. The standard InChI is InChI=1S/C26H20ClFN2O2S/c1-2-22(32)30-12-19-16(7-8-21(19)30)26-18-11-20(27)23(24(28)25(18)29-33-26)17-10-14(31)9-13-5-3-4-6-15(13)17/h2-6,9-11,16,19,21,31H,1,7-8,12H2/t16?,19-,21+/m0/s1. The summed E-state index contributed by atoms with van der Waals surface area (Å²) in [6, 6.07) is 12.7. The van der Waals surface area contributed by atoms with Gasteiger partial charge in [-0.15, -0.1) is 0 Å². The molecular weight excluding hydrogens is 459 g/mol. The van der Waals surface area contributed by atoms with E-state index < -0.39 is 5.82 Å². The fourth-order valence-corrected chi connectivity index (χ4v) is 6.99. The Bertz CT molecular complexity index is 1470. The van der Waals surface area contributed by atoms with Crippen LogP contribution in [0.15, 0.2) is 55.1 Å². The van der Waals surface area contributed by atoms with Crippen molar-refractivity contribution >= 4 is 50.7 Å². The summed E-state index contributed by atoms with van der Waals surface area (Å²) in [7, 11) is 0. The Kier molecular flexibility index (Phi) is 4.71. The molecule has 166 valence electrons. The van der Waals surface area contributed by atoms with Crippen LogP contribution in [0.5, 0.6) is 5.75 Å². The number of nitrogens with zero attached hydrogens (tertiary/aromatic N) is 2. The highest BCUT2D eigenvalue weighted by atomic mass is 35.5. The van der Waals surface area contributed by atoms with Crippen molar-refractivity contribution in [1.82, 2.24) is 9.27 Å². The van der Waals surface area contributed by atoms with Crippen molar-refractivity contribution in [3.8, 4) is 16.9 Å². The van der Waals surface area contributed by atoms with Crippen LogP contribution in [-0.4, -0.2) is 32.9 Å². The Hall–Kier alpha value is -2.96. The average Bonchev–Trinajstić information content (AvgIpc) is 3.34. The van der Waals surface area contributed by atoms with Gasteiger partial charge in [0.05, 0.1) is 5.02 Å². The zero-order valence-corrected chi connectivity index (χ0v) is 19.2. The topological polar surface area (TPSA) is 53.4 Å². The summed E-state index contributed by atoms with van der Waals surface area (Å²) >= 11 is 8.01. The summed E-state index contributed by atoms with van der Waals surface area (Å²) in [6.45, 7) is 4.29. The number of aromatic hydroxyl groups is 1. The molecule has 7 heteroatoms. The van der Waals surface area contributed by atoms with Crippen molar-refractivity contribution in [3.05, 3.63) is 70.8 Å². The van der Waals surface area contributed by atoms with Gasteiger partial charge in [0.15, 0.2) is 5.82 Å². The molecule has 2 aliphatic rings. The fraction of sp³-hybridized carbons (Fsp3) is 0.231. The number of phenolic OH excluding ortho intramolecular Hbond substituents is 1. The molecule has 1 amide bonds. The van der Waals surface area contributed by atoms with Crippen LogP contribution in [-0.2, 0) is 4.79 Å². The van der Waals surface area contributed by atoms with Gasteiger partial charge in [0.2, 0.25) is 5.91 Å². The number of hydrogen-bond acceptors (Lipinski definition) is 4. The number of carbonyl (C=O) groups excluding carboxylic acids is 1. The van der Waals surface area contributed by atoms with Gasteiger partial charge in [-0.1, -0.05) is 42.4 Å². The molecule has 4 nitrogen and oxygen atoms in total. The van der Waals surface area contributed by atoms with Crippen molar-refractivity contribution in [2.45, 2.75) is 24.8 Å². The van der Waals surface area contributed by atoms with Crippen LogP contribution < -0.4 is 0 Å². The van der Waals surface area contributed by atoms with Crippen molar-refractivity contribution in [1.29, 1.82) is 0 Å². The predicted octanol–water partition coefficient (Wildman–Crippen LogP) is 6.51. The van der Waals surface area contributed by atoms with E-state index in [9.17, 15) is 9.90 Å². The molecule has 4 aromatic rings. The summed E-state index contributed by atoms with van der Waals surface area (Å²) in [5, 5.41) is 12.9. The van der Waals surface area contributed by atoms with E-state index in [1.54, 1.807) is 12.1 Å². The molecule has 1 aliphatic heterocycles. The molecule has 0 bridgehead atoms. The van der Waals surface area contributed by atoms with Gasteiger partial charge in [-0.3, -0.25) is 4.79 Å². The first-order valence-electron chi connectivity index (χ1n) is 10.9. The summed E-state index contributed by atoms with van der Waals surface area (Å²) in [5.41, 5.74) is 1.11. The van der Waals surface area contributed by atoms with Crippen LogP contribution in [0.2, 0.25) is 5.02 Å². The molecule has 2 fully saturated rings. The molecule has 0 spiro atoms. The second-order valence-electron chi connectivity index (χ2n) is 8.81. The van der Waals surface area contributed by atoms with Gasteiger partial charge in [0.1, 0.15) is 11.3 Å². The maximum atomic E-state index is 15.9. The number of aromatic nitrogens is 1. The molecule has 3 atom stereocenters. The summed E-state index contributed by atoms with van der Waals surface area (Å²) < 4.78 is 20.4. The molecule has 33 heavy (non-hydrogen) atoms. The molecule has 2 heterocycles. The largest absolute Gasteiger partial charge is 0.508 e. The van der Waals surface area contributed by atoms with E-state index in [0.29, 0.717) is 28.6 Å². The van der Waals surface area contributed by atoms with Crippen LogP contribution in [0.1, 0.15) is 23.6 Å². The number of amides is 1. The maximum Gasteiger partial charge on any atom is 0.246 e. The van der Waals surface area contributed by atoms with Crippen molar-refractivity contribution in [3.63, 3.8) is 0 Å². The van der Waals surface area contributed by atoms with Gasteiger partial charge in [0.25, 0.3) is 0 Å². The van der Waals surface area contributed by atoms with E-state index in [2.05, 4.69) is 11.0 Å². The summed E-state index contributed by atoms with van der Waals surface area (Å²) in [5.74, 6) is 0.153. The van der Waals surface area contributed by atoms with E-state index in [-0.39, 0.29) is 29.2 Å². The lowest BCUT2D eigenvalue weighted by molar-refractivity contribution is -0.136. The molecule has 1 N–H and O–H groups in total. The quantitative estimate of drug-likeness (QED) is 0.342. The highest BCUT2D eigenvalue weighted by Crippen LogP contribution is 2.52. The summed E-state index contributed by atoms with van der Waals surface area (Å²) in [4.78, 5) is 14.9. The first-order chi connectivity index (χ1) is 16.0. The maximum absolute atomic E-state index is 15.9. The highest BCUT2D eigenvalue weighted by molar-refractivity contribution is 7.07. The lowest BCUT2D eigenvalue weighted by Gasteiger charge is -2.45. The normalized spacial score (nSPS) is 21.9. The Morgan fingerprint density at radius 1 is 1.24 bits per heavy atom. The lowest BCUT2D eigenvalue weighted by atomic mass is 9.83. The minimum absolute atomic E-state index is 0.0249. The third-order valence-corrected chi connectivity index (χ3v) is 8.49. The van der Waals surface area contributed by atoms with Crippen molar-refractivity contribution < 1.29 is 14.3 Å². The van der Waals surface area contributed by atoms with Crippen LogP contribution >= 0.6 is 23.1 Å². The third-order valence-electron chi connectivity index (χ3n) is 7.20. The van der Waals surface area contributed by atoms with Gasteiger partial charge in [0, 0.05) is 40.2 Å². The first kappa shape index (κ1) is 20.6. The number of hydrogen-bond donors (Lipinski definition) is 1. The predicted molar refractivity (Wildman–Crippen MR) is 130 cm³/mol. The van der Waals surface area contributed by atoms with Crippen LogP contribution in [0.3, 0.4) is 0 Å². The van der Waals surface area contributed by atoms with Gasteiger partial charge in [-0.2, -0.15) is 4.37 Å². The van der Waals surface area contributed by atoms with E-state index >= 15 is 4.39 Å². The van der Waals surface area contributed by atoms with E-state index in [0.717, 1.165) is 33.9 Å². The number of benzene rings is 3. The Morgan fingerprint density at radius 3 is 2.88 bits per heavy atom. The molecule has 0 radical (unpaired) electrons. The lowest BCUT2D eigenvalue weighted by Crippen LogP contribution is -2.56. The molecular formula is C26H20ClFN2O2S. The van der Waals surface area contributed by atoms with Gasteiger partial charge in [-0.05, 0) is 65.0 Å². The van der Waals surface area contributed by atoms with E-state index in [4.69, 9.17) is 11.6 Å². The monoisotopic (exact) mass is 478 g/mol. The molecule has 1 aliphatic carbocycles. The molecule has 1 saturated heterocycles. The number of carbonyl (C=O) groups is 1. The van der Waals surface area contributed by atoms with Crippen LogP contribution in [0.4, 0.5) is 4.39 Å². The van der Waals surface area contributed by atoms with Crippen molar-refractivity contribution in [2.24, 2.45) is 5.92 Å². The SMILES string of the molecule is C=CC(=O)N1C[C@H]2C(c3snc4c(F)c(-c5cc(O)cc6ccccc56)c(Cl)cc34)CC[C@H]21. The Labute approximate surface area is 199 Å². The average molecular weight is 479 g/mol. The van der Waals surface area contributed by atoms with Crippen LogP contribution in [0.25, 0.3) is 32.8 Å². The Balaban J connectivity index is 1.45. The van der Waals surface area contributed by atoms with Gasteiger partial charge >= 0.3 is 0 Å². The third kappa shape index (κ3) is 3.01. The van der Waals surface area contributed by atoms with Crippen molar-refractivity contribution in [2.75, 3.05) is 6.54 Å². The minimum Gasteiger partial charge on any atom is -0.508 e. The molecule has 6 rings (SSSR count). The highest BCUT2D eigenvalue weighted by Gasteiger charge is 2.50. The number of phenols is 1. The zero-order chi connectivity index (χ0) is 22.9. The van der Waals surface area contributed by atoms with E-state index in [1.165, 1.54) is 17.6 Å². The molecule has 3 aromatic carbocycles. The molecule has 1 saturated carbocycles. The summed E-state index contributed by atoms with van der Waals surface area (Å²) in [6.07, 6.45) is 3.23. The molecule has 1 aromatic heterocycles. The fourth-order valence-electron chi connectivity index (χ4n) is 5.65. The van der Waals surface area contributed by atoms with E-state index in [1.807, 2.05) is 35.2 Å². The number of rotatable bonds is 3. The second kappa shape index (κ2) is 7.54.